The molecule has 78 valence electrons. The topological polar surface area (TPSA) is 24.5 Å². The summed E-state index contributed by atoms with van der Waals surface area (Å²) in [6.45, 7) is 0.869. The lowest BCUT2D eigenvalue weighted by molar-refractivity contribution is 0.414. The van der Waals surface area contributed by atoms with Gasteiger partial charge in [-0.25, -0.2) is 0 Å². The lowest BCUT2D eigenvalue weighted by Gasteiger charge is -2.22. The first kappa shape index (κ1) is 9.65. The number of nitrogens with zero attached hydrogens (tertiary/aromatic N) is 1. The molecule has 0 bridgehead atoms. The van der Waals surface area contributed by atoms with Crippen LogP contribution < -0.4 is 10.2 Å². The Bertz CT molecular complexity index is 385. The molecule has 0 atom stereocenters. The van der Waals surface area contributed by atoms with Crippen molar-refractivity contribution in [2.75, 3.05) is 19.1 Å². The summed E-state index contributed by atoms with van der Waals surface area (Å²) in [5.74, 6) is 0.858. The van der Waals surface area contributed by atoms with Crippen LogP contribution in [0, 0.1) is 0 Å². The van der Waals surface area contributed by atoms with E-state index in [1.807, 2.05) is 47.6 Å². The average molecular weight is 202 g/mol. The Labute approximate surface area is 89.6 Å². The monoisotopic (exact) mass is 202 g/mol. The molecule has 2 rings (SSSR count). The van der Waals surface area contributed by atoms with Crippen LogP contribution in [-0.4, -0.2) is 18.7 Å². The minimum absolute atomic E-state index is 0.858. The van der Waals surface area contributed by atoms with E-state index in [1.165, 1.54) is 0 Å². The number of nitrogens with one attached hydrogen (secondary N) is 1. The molecule has 0 spiro atoms. The molecule has 0 saturated carbocycles. The minimum atomic E-state index is 0.858. The lowest BCUT2D eigenvalue weighted by atomic mass is 10.3. The second kappa shape index (κ2) is 4.55. The number of allylic oxidation sites excluding steroid dienone is 2. The third-order valence-electron chi connectivity index (χ3n) is 2.16. The van der Waals surface area contributed by atoms with Crippen molar-refractivity contribution in [2.45, 2.75) is 0 Å². The Balaban J connectivity index is 2.03. The van der Waals surface area contributed by atoms with Gasteiger partial charge in [0.1, 0.15) is 5.75 Å². The van der Waals surface area contributed by atoms with Gasteiger partial charge in [-0.3, -0.25) is 10.4 Å². The van der Waals surface area contributed by atoms with Crippen LogP contribution in [0.5, 0.6) is 5.75 Å². The molecule has 1 aromatic rings. The Hall–Kier alpha value is -1.90. The lowest BCUT2D eigenvalue weighted by Crippen LogP contribution is -2.25. The van der Waals surface area contributed by atoms with Crippen LogP contribution >= 0.6 is 0 Å². The molecule has 1 aliphatic heterocycles. The van der Waals surface area contributed by atoms with Gasteiger partial charge >= 0.3 is 0 Å². The van der Waals surface area contributed by atoms with E-state index >= 15 is 0 Å². The Kier molecular flexibility index (Phi) is 2.93. The third-order valence-corrected chi connectivity index (χ3v) is 2.16. The molecule has 1 aliphatic rings. The van der Waals surface area contributed by atoms with Gasteiger partial charge in [0.15, 0.2) is 0 Å². The van der Waals surface area contributed by atoms with Gasteiger partial charge in [0.2, 0.25) is 0 Å². The van der Waals surface area contributed by atoms with Gasteiger partial charge < -0.3 is 4.74 Å². The summed E-state index contributed by atoms with van der Waals surface area (Å²) in [6.07, 6.45) is 8.12. The molecule has 1 heterocycles. The number of ether oxygens (including phenoxy) is 1. The maximum absolute atomic E-state index is 5.15. The maximum atomic E-state index is 5.15. The molecule has 1 N–H and O–H groups in total. The Morgan fingerprint density at radius 2 is 2.27 bits per heavy atom. The zero-order valence-electron chi connectivity index (χ0n) is 8.68. The Morgan fingerprint density at radius 3 is 3.00 bits per heavy atom. The highest BCUT2D eigenvalue weighted by Gasteiger charge is 2.00. The number of rotatable bonds is 3. The number of anilines is 1. The van der Waals surface area contributed by atoms with Crippen molar-refractivity contribution in [1.82, 2.24) is 5.01 Å². The summed E-state index contributed by atoms with van der Waals surface area (Å²) in [4.78, 5) is 0. The minimum Gasteiger partial charge on any atom is -0.497 e. The molecule has 0 fully saturated rings. The largest absolute Gasteiger partial charge is 0.497 e. The van der Waals surface area contributed by atoms with Gasteiger partial charge in [0.05, 0.1) is 19.3 Å². The van der Waals surface area contributed by atoms with Gasteiger partial charge in [-0.15, -0.1) is 0 Å². The summed E-state index contributed by atoms with van der Waals surface area (Å²) in [5, 5.41) is 2.01. The highest BCUT2D eigenvalue weighted by atomic mass is 16.5. The van der Waals surface area contributed by atoms with Crippen molar-refractivity contribution in [3.05, 3.63) is 48.7 Å². The van der Waals surface area contributed by atoms with E-state index in [-0.39, 0.29) is 0 Å². The van der Waals surface area contributed by atoms with Gasteiger partial charge in [0, 0.05) is 12.3 Å². The standard InChI is InChI=1S/C12H14N2O/c1-15-12-7-5-6-11(10-12)13-14-8-3-2-4-9-14/h2-8,10,13H,9H2,1H3. The zero-order valence-corrected chi connectivity index (χ0v) is 8.68. The molecule has 15 heavy (non-hydrogen) atoms. The van der Waals surface area contributed by atoms with Crippen molar-refractivity contribution in [1.29, 1.82) is 0 Å². The van der Waals surface area contributed by atoms with Crippen LogP contribution in [-0.2, 0) is 0 Å². The fourth-order valence-electron chi connectivity index (χ4n) is 1.41. The number of hydrogen-bond acceptors (Lipinski definition) is 3. The fraction of sp³-hybridized carbons (Fsp3) is 0.167. The predicted octanol–water partition coefficient (Wildman–Crippen LogP) is 2.41. The van der Waals surface area contributed by atoms with Gasteiger partial charge in [0.25, 0.3) is 0 Å². The second-order valence-corrected chi connectivity index (χ2v) is 3.27. The molecule has 0 saturated heterocycles. The highest BCUT2D eigenvalue weighted by molar-refractivity contribution is 5.47. The summed E-state index contributed by atoms with van der Waals surface area (Å²) >= 11 is 0. The number of methoxy groups -OCH3 is 1. The molecule has 1 aromatic carbocycles. The first-order valence-corrected chi connectivity index (χ1v) is 4.89. The van der Waals surface area contributed by atoms with Crippen LogP contribution in [0.25, 0.3) is 0 Å². The van der Waals surface area contributed by atoms with Crippen LogP contribution in [0.15, 0.2) is 48.7 Å². The van der Waals surface area contributed by atoms with Crippen molar-refractivity contribution >= 4 is 5.69 Å². The number of hydrogen-bond donors (Lipinski definition) is 1. The van der Waals surface area contributed by atoms with E-state index in [1.54, 1.807) is 7.11 Å². The number of hydrazine groups is 1. The quantitative estimate of drug-likeness (QED) is 0.814. The average Bonchev–Trinajstić information content (AvgIpc) is 2.31. The molecule has 0 amide bonds. The van der Waals surface area contributed by atoms with E-state index in [9.17, 15) is 0 Å². The summed E-state index contributed by atoms with van der Waals surface area (Å²) in [7, 11) is 1.67. The van der Waals surface area contributed by atoms with E-state index in [2.05, 4.69) is 11.5 Å². The predicted molar refractivity (Wildman–Crippen MR) is 61.6 cm³/mol. The van der Waals surface area contributed by atoms with Crippen molar-refractivity contribution in [2.24, 2.45) is 0 Å². The zero-order chi connectivity index (χ0) is 10.5. The van der Waals surface area contributed by atoms with E-state index in [0.717, 1.165) is 18.0 Å². The summed E-state index contributed by atoms with van der Waals surface area (Å²) in [5.41, 5.74) is 4.29. The molecule has 0 aromatic heterocycles. The SMILES string of the molecule is COc1cccc(NN2C=CC=CC2)c1. The maximum Gasteiger partial charge on any atom is 0.120 e. The van der Waals surface area contributed by atoms with Gasteiger partial charge in [-0.1, -0.05) is 18.2 Å². The summed E-state index contributed by atoms with van der Waals surface area (Å²) in [6, 6.07) is 7.86. The van der Waals surface area contributed by atoms with Crippen molar-refractivity contribution in [3.8, 4) is 5.75 Å². The molecule has 3 nitrogen and oxygen atoms in total. The van der Waals surface area contributed by atoms with E-state index < -0.39 is 0 Å². The van der Waals surface area contributed by atoms with E-state index in [0.29, 0.717) is 0 Å². The van der Waals surface area contributed by atoms with Gasteiger partial charge in [-0.2, -0.15) is 0 Å². The first-order chi connectivity index (χ1) is 7.38. The normalized spacial score (nSPS) is 14.1. The van der Waals surface area contributed by atoms with Gasteiger partial charge in [-0.05, 0) is 18.2 Å². The van der Waals surface area contributed by atoms with Crippen LogP contribution in [0.4, 0.5) is 5.69 Å². The highest BCUT2D eigenvalue weighted by Crippen LogP contribution is 2.17. The third kappa shape index (κ3) is 2.53. The second-order valence-electron chi connectivity index (χ2n) is 3.27. The molecule has 0 aliphatic carbocycles. The molecule has 3 heteroatoms. The van der Waals surface area contributed by atoms with Crippen LogP contribution in [0.3, 0.4) is 0 Å². The smallest absolute Gasteiger partial charge is 0.120 e. The van der Waals surface area contributed by atoms with E-state index in [4.69, 9.17) is 4.74 Å². The molecular formula is C12H14N2O. The first-order valence-electron chi connectivity index (χ1n) is 4.89. The Morgan fingerprint density at radius 1 is 1.33 bits per heavy atom. The van der Waals surface area contributed by atoms with Crippen molar-refractivity contribution in [3.63, 3.8) is 0 Å². The summed E-state index contributed by atoms with van der Waals surface area (Å²) < 4.78 is 5.15. The van der Waals surface area contributed by atoms with Crippen LogP contribution in [0.1, 0.15) is 0 Å². The number of benzene rings is 1. The van der Waals surface area contributed by atoms with Crippen molar-refractivity contribution < 1.29 is 4.74 Å². The molecule has 0 unspecified atom stereocenters. The molecular weight excluding hydrogens is 188 g/mol. The fourth-order valence-corrected chi connectivity index (χ4v) is 1.41. The molecule has 0 radical (unpaired) electrons. The van der Waals surface area contributed by atoms with Crippen LogP contribution in [0.2, 0.25) is 0 Å².